The summed E-state index contributed by atoms with van der Waals surface area (Å²) >= 11 is 5.58. The molecule has 0 saturated carbocycles. The number of halogens is 2. The van der Waals surface area contributed by atoms with Gasteiger partial charge in [-0.3, -0.25) is 4.79 Å². The molecule has 1 heterocycles. The van der Waals surface area contributed by atoms with Gasteiger partial charge in [0.25, 0.3) is 0 Å². The Morgan fingerprint density at radius 1 is 1.40 bits per heavy atom. The predicted molar refractivity (Wildman–Crippen MR) is 86.6 cm³/mol. The van der Waals surface area contributed by atoms with Gasteiger partial charge in [-0.05, 0) is 17.7 Å². The van der Waals surface area contributed by atoms with Crippen molar-refractivity contribution in [3.8, 4) is 0 Å². The second-order valence-electron chi connectivity index (χ2n) is 5.71. The largest absolute Gasteiger partial charge is 0.479 e. The molecule has 134 valence electrons. The summed E-state index contributed by atoms with van der Waals surface area (Å²) < 4.78 is 18.5. The normalized spacial score (nSPS) is 12.2. The molecule has 0 fully saturated rings. The van der Waals surface area contributed by atoms with Crippen LogP contribution < -0.4 is 5.32 Å². The average molecular weight is 370 g/mol. The molecule has 25 heavy (non-hydrogen) atoms. The van der Waals surface area contributed by atoms with Gasteiger partial charge in [0.2, 0.25) is 11.8 Å². The fourth-order valence-corrected chi connectivity index (χ4v) is 2.15. The third-order valence-electron chi connectivity index (χ3n) is 3.40. The number of rotatable bonds is 7. The number of hydrogen-bond donors (Lipinski definition) is 2. The molecule has 9 heteroatoms. The highest BCUT2D eigenvalue weighted by Gasteiger charge is 2.23. The number of aryl methyl sites for hydroxylation is 1. The molecule has 7 nitrogen and oxygen atoms in total. The highest BCUT2D eigenvalue weighted by molar-refractivity contribution is 6.30. The number of amides is 1. The van der Waals surface area contributed by atoms with Gasteiger partial charge in [0, 0.05) is 18.8 Å². The van der Waals surface area contributed by atoms with Crippen LogP contribution in [0.1, 0.15) is 49.5 Å². The van der Waals surface area contributed by atoms with Crippen LogP contribution in [0.3, 0.4) is 0 Å². The smallest absolute Gasteiger partial charge is 0.330 e. The van der Waals surface area contributed by atoms with Gasteiger partial charge in [0.1, 0.15) is 5.82 Å². The number of benzene rings is 1. The Balaban J connectivity index is 2.00. The molecule has 1 aromatic carbocycles. The molecular formula is C16H17ClFN3O4. The van der Waals surface area contributed by atoms with E-state index < -0.39 is 23.7 Å². The number of hydrogen-bond acceptors (Lipinski definition) is 5. The average Bonchev–Trinajstić information content (AvgIpc) is 3.02. The van der Waals surface area contributed by atoms with Crippen LogP contribution in [-0.4, -0.2) is 27.1 Å². The van der Waals surface area contributed by atoms with E-state index in [9.17, 15) is 19.1 Å². The Kier molecular flexibility index (Phi) is 6.08. The van der Waals surface area contributed by atoms with Gasteiger partial charge < -0.3 is 14.9 Å². The summed E-state index contributed by atoms with van der Waals surface area (Å²) in [6.45, 7) is 3.81. The summed E-state index contributed by atoms with van der Waals surface area (Å²) in [5.41, 5.74) is 0.0858. The van der Waals surface area contributed by atoms with E-state index in [2.05, 4.69) is 15.5 Å². The highest BCUT2D eigenvalue weighted by Crippen LogP contribution is 2.21. The first-order valence-corrected chi connectivity index (χ1v) is 7.95. The van der Waals surface area contributed by atoms with Crippen molar-refractivity contribution in [2.75, 3.05) is 0 Å². The summed E-state index contributed by atoms with van der Waals surface area (Å²) in [6.07, 6.45) is 0.131. The summed E-state index contributed by atoms with van der Waals surface area (Å²) in [6, 6.07) is 2.18. The summed E-state index contributed by atoms with van der Waals surface area (Å²) in [4.78, 5) is 27.5. The van der Waals surface area contributed by atoms with E-state index >= 15 is 0 Å². The molecule has 0 saturated heterocycles. The molecule has 0 spiro atoms. The highest BCUT2D eigenvalue weighted by atomic mass is 35.5. The Labute approximate surface area is 148 Å². The van der Waals surface area contributed by atoms with E-state index in [1.165, 1.54) is 12.1 Å². The first-order valence-electron chi connectivity index (χ1n) is 7.57. The van der Waals surface area contributed by atoms with Crippen LogP contribution in [0.4, 0.5) is 4.39 Å². The molecule has 1 amide bonds. The standard InChI is InChI=1S/C16H17ClFN3O4/c1-8(2)15-20-13(25-21-15)6-5-12(22)19-14(16(23)24)9-3-4-10(17)11(18)7-9/h3-4,7-8,14H,5-6H2,1-2H3,(H,19,22)(H,23,24). The van der Waals surface area contributed by atoms with Gasteiger partial charge in [-0.2, -0.15) is 4.98 Å². The van der Waals surface area contributed by atoms with Crippen molar-refractivity contribution in [3.63, 3.8) is 0 Å². The molecule has 1 atom stereocenters. The van der Waals surface area contributed by atoms with Crippen molar-refractivity contribution in [3.05, 3.63) is 46.3 Å². The van der Waals surface area contributed by atoms with Crippen molar-refractivity contribution in [1.29, 1.82) is 0 Å². The van der Waals surface area contributed by atoms with Gasteiger partial charge in [-0.15, -0.1) is 0 Å². The van der Waals surface area contributed by atoms with Crippen LogP contribution >= 0.6 is 11.6 Å². The minimum atomic E-state index is -1.38. The summed E-state index contributed by atoms with van der Waals surface area (Å²) in [7, 11) is 0. The van der Waals surface area contributed by atoms with Crippen molar-refractivity contribution in [2.45, 2.75) is 38.6 Å². The topological polar surface area (TPSA) is 105 Å². The quantitative estimate of drug-likeness (QED) is 0.777. The molecular weight excluding hydrogens is 353 g/mol. The molecule has 0 aliphatic rings. The fourth-order valence-electron chi connectivity index (χ4n) is 2.04. The molecule has 1 unspecified atom stereocenters. The van der Waals surface area contributed by atoms with Crippen molar-refractivity contribution in [2.24, 2.45) is 0 Å². The van der Waals surface area contributed by atoms with Gasteiger partial charge in [0.15, 0.2) is 11.9 Å². The lowest BCUT2D eigenvalue weighted by molar-refractivity contribution is -0.142. The van der Waals surface area contributed by atoms with E-state index in [0.717, 1.165) is 6.07 Å². The number of carboxylic acid groups (broad SMARTS) is 1. The van der Waals surface area contributed by atoms with E-state index in [4.69, 9.17) is 16.1 Å². The van der Waals surface area contributed by atoms with Gasteiger partial charge in [-0.1, -0.05) is 36.7 Å². The zero-order valence-electron chi connectivity index (χ0n) is 13.6. The first kappa shape index (κ1) is 18.9. The Morgan fingerprint density at radius 3 is 2.68 bits per heavy atom. The van der Waals surface area contributed by atoms with E-state index in [-0.39, 0.29) is 29.3 Å². The molecule has 0 radical (unpaired) electrons. The van der Waals surface area contributed by atoms with Crippen molar-refractivity contribution < 1.29 is 23.6 Å². The van der Waals surface area contributed by atoms with E-state index in [1.807, 2.05) is 13.8 Å². The summed E-state index contributed by atoms with van der Waals surface area (Å²) in [5, 5.41) is 15.3. The van der Waals surface area contributed by atoms with Crippen LogP contribution in [0.5, 0.6) is 0 Å². The van der Waals surface area contributed by atoms with E-state index in [0.29, 0.717) is 11.7 Å². The second-order valence-corrected chi connectivity index (χ2v) is 6.12. The fraction of sp³-hybridized carbons (Fsp3) is 0.375. The molecule has 2 N–H and O–H groups in total. The lowest BCUT2D eigenvalue weighted by atomic mass is 10.1. The van der Waals surface area contributed by atoms with Crippen LogP contribution in [0.25, 0.3) is 0 Å². The molecule has 2 rings (SSSR count). The Morgan fingerprint density at radius 2 is 2.12 bits per heavy atom. The number of nitrogens with zero attached hydrogens (tertiary/aromatic N) is 2. The van der Waals surface area contributed by atoms with Gasteiger partial charge >= 0.3 is 5.97 Å². The lowest BCUT2D eigenvalue weighted by Gasteiger charge is -2.15. The SMILES string of the molecule is CC(C)c1noc(CCC(=O)NC(C(=O)O)c2ccc(Cl)c(F)c2)n1. The maximum atomic E-state index is 13.5. The van der Waals surface area contributed by atoms with Gasteiger partial charge in [0.05, 0.1) is 5.02 Å². The number of carboxylic acids is 1. The van der Waals surface area contributed by atoms with Crippen LogP contribution in [0, 0.1) is 5.82 Å². The van der Waals surface area contributed by atoms with E-state index in [1.54, 1.807) is 0 Å². The van der Waals surface area contributed by atoms with Crippen molar-refractivity contribution in [1.82, 2.24) is 15.5 Å². The van der Waals surface area contributed by atoms with Crippen molar-refractivity contribution >= 4 is 23.5 Å². The minimum absolute atomic E-state index is 0.0421. The summed E-state index contributed by atoms with van der Waals surface area (Å²) in [5.74, 6) is -1.67. The van der Waals surface area contributed by atoms with Crippen LogP contribution in [0.2, 0.25) is 5.02 Å². The first-order chi connectivity index (χ1) is 11.8. The Hall–Kier alpha value is -2.48. The monoisotopic (exact) mass is 369 g/mol. The van der Waals surface area contributed by atoms with Crippen LogP contribution in [-0.2, 0) is 16.0 Å². The molecule has 0 aliphatic heterocycles. The predicted octanol–water partition coefficient (Wildman–Crippen LogP) is 2.86. The number of carbonyl (C=O) groups is 2. The number of aliphatic carboxylic acids is 1. The zero-order chi connectivity index (χ0) is 18.6. The zero-order valence-corrected chi connectivity index (χ0v) is 14.4. The molecule has 0 aliphatic carbocycles. The molecule has 0 bridgehead atoms. The number of nitrogens with one attached hydrogen (secondary N) is 1. The maximum Gasteiger partial charge on any atom is 0.330 e. The molecule has 2 aromatic rings. The van der Waals surface area contributed by atoms with Gasteiger partial charge in [-0.25, -0.2) is 9.18 Å². The Bertz CT molecular complexity index is 778. The second kappa shape index (κ2) is 8.06. The number of carbonyl (C=O) groups excluding carboxylic acids is 1. The van der Waals surface area contributed by atoms with Crippen LogP contribution in [0.15, 0.2) is 22.7 Å². The maximum absolute atomic E-state index is 13.5. The third kappa shape index (κ3) is 4.99. The molecule has 1 aromatic heterocycles. The lowest BCUT2D eigenvalue weighted by Crippen LogP contribution is -2.34. The number of aromatic nitrogens is 2. The minimum Gasteiger partial charge on any atom is -0.479 e. The third-order valence-corrected chi connectivity index (χ3v) is 3.70.